The summed E-state index contributed by atoms with van der Waals surface area (Å²) in [5.74, 6) is -0.260. The van der Waals surface area contributed by atoms with Gasteiger partial charge in [0.2, 0.25) is 0 Å². The lowest BCUT2D eigenvalue weighted by Crippen LogP contribution is -2.41. The standard InChI is InChI=1S/C20H23NO2/c1-23-20(22)18-12-5-6-13-19(18)21-14-8-7-11-17(21)15-16-9-3-2-4-10-16/h2-6,9-10,12-13,17H,7-8,11,14-15H2,1H3. The molecule has 0 aromatic heterocycles. The molecule has 0 bridgehead atoms. The lowest BCUT2D eigenvalue weighted by Gasteiger charge is -2.38. The maximum absolute atomic E-state index is 12.1. The Labute approximate surface area is 137 Å². The minimum absolute atomic E-state index is 0.260. The summed E-state index contributed by atoms with van der Waals surface area (Å²) in [5, 5.41) is 0. The second kappa shape index (κ2) is 7.32. The second-order valence-corrected chi connectivity index (χ2v) is 6.04. The molecule has 1 atom stereocenters. The highest BCUT2D eigenvalue weighted by molar-refractivity contribution is 5.95. The molecule has 0 aliphatic carbocycles. The first-order valence-electron chi connectivity index (χ1n) is 8.27. The Kier molecular flexibility index (Phi) is 4.96. The molecular weight excluding hydrogens is 286 g/mol. The van der Waals surface area contributed by atoms with E-state index in [1.54, 1.807) is 0 Å². The number of hydrogen-bond acceptors (Lipinski definition) is 3. The number of ether oxygens (including phenoxy) is 1. The van der Waals surface area contributed by atoms with E-state index in [9.17, 15) is 4.79 Å². The van der Waals surface area contributed by atoms with Crippen LogP contribution < -0.4 is 4.90 Å². The number of rotatable bonds is 4. The highest BCUT2D eigenvalue weighted by atomic mass is 16.5. The van der Waals surface area contributed by atoms with Crippen LogP contribution in [0.25, 0.3) is 0 Å². The first-order chi connectivity index (χ1) is 11.3. The molecule has 0 saturated carbocycles. The van der Waals surface area contributed by atoms with Gasteiger partial charge in [0.05, 0.1) is 18.4 Å². The molecule has 1 aliphatic rings. The number of para-hydroxylation sites is 1. The Balaban J connectivity index is 1.88. The maximum Gasteiger partial charge on any atom is 0.339 e. The van der Waals surface area contributed by atoms with Gasteiger partial charge in [0.15, 0.2) is 0 Å². The van der Waals surface area contributed by atoms with E-state index >= 15 is 0 Å². The van der Waals surface area contributed by atoms with E-state index in [4.69, 9.17) is 4.74 Å². The fraction of sp³-hybridized carbons (Fsp3) is 0.350. The van der Waals surface area contributed by atoms with Crippen LogP contribution in [-0.2, 0) is 11.2 Å². The Bertz CT molecular complexity index is 654. The summed E-state index contributed by atoms with van der Waals surface area (Å²) < 4.78 is 4.96. The van der Waals surface area contributed by atoms with Crippen LogP contribution in [0.2, 0.25) is 0 Å². The zero-order chi connectivity index (χ0) is 16.1. The van der Waals surface area contributed by atoms with Gasteiger partial charge in [-0.05, 0) is 43.4 Å². The molecule has 0 radical (unpaired) electrons. The lowest BCUT2D eigenvalue weighted by molar-refractivity contribution is 0.0601. The van der Waals surface area contributed by atoms with Crippen LogP contribution in [0.4, 0.5) is 5.69 Å². The van der Waals surface area contributed by atoms with Gasteiger partial charge in [-0.2, -0.15) is 0 Å². The van der Waals surface area contributed by atoms with Crippen molar-refractivity contribution in [1.82, 2.24) is 0 Å². The Morgan fingerprint density at radius 2 is 1.83 bits per heavy atom. The van der Waals surface area contributed by atoms with E-state index in [0.717, 1.165) is 25.1 Å². The molecule has 1 aliphatic heterocycles. The van der Waals surface area contributed by atoms with E-state index in [0.29, 0.717) is 11.6 Å². The summed E-state index contributed by atoms with van der Waals surface area (Å²) in [7, 11) is 1.44. The summed E-state index contributed by atoms with van der Waals surface area (Å²) in [6, 6.07) is 18.8. The number of carbonyl (C=O) groups is 1. The molecule has 3 nitrogen and oxygen atoms in total. The van der Waals surface area contributed by atoms with Crippen molar-refractivity contribution in [2.24, 2.45) is 0 Å². The molecule has 2 aromatic carbocycles. The van der Waals surface area contributed by atoms with E-state index < -0.39 is 0 Å². The van der Waals surface area contributed by atoms with Crippen LogP contribution in [0.15, 0.2) is 54.6 Å². The summed E-state index contributed by atoms with van der Waals surface area (Å²) in [4.78, 5) is 14.5. The number of esters is 1. The number of carbonyl (C=O) groups excluding carboxylic acids is 1. The topological polar surface area (TPSA) is 29.5 Å². The smallest absolute Gasteiger partial charge is 0.339 e. The molecule has 3 rings (SSSR count). The molecule has 1 fully saturated rings. The van der Waals surface area contributed by atoms with Crippen molar-refractivity contribution in [3.05, 3.63) is 65.7 Å². The van der Waals surface area contributed by atoms with Crippen LogP contribution in [0.3, 0.4) is 0 Å². The highest BCUT2D eigenvalue weighted by Crippen LogP contribution is 2.30. The SMILES string of the molecule is COC(=O)c1ccccc1N1CCCCC1Cc1ccccc1. The molecule has 2 aromatic rings. The molecule has 0 amide bonds. The van der Waals surface area contributed by atoms with Crippen LogP contribution in [0.1, 0.15) is 35.2 Å². The molecule has 3 heteroatoms. The fourth-order valence-corrected chi connectivity index (χ4v) is 3.42. The zero-order valence-electron chi connectivity index (χ0n) is 13.6. The number of methoxy groups -OCH3 is 1. The van der Waals surface area contributed by atoms with E-state index in [1.165, 1.54) is 25.5 Å². The normalized spacial score (nSPS) is 17.8. The summed E-state index contributed by atoms with van der Waals surface area (Å²) >= 11 is 0. The molecule has 1 unspecified atom stereocenters. The van der Waals surface area contributed by atoms with Crippen LogP contribution in [0.5, 0.6) is 0 Å². The van der Waals surface area contributed by atoms with Gasteiger partial charge in [0.1, 0.15) is 0 Å². The van der Waals surface area contributed by atoms with Gasteiger partial charge >= 0.3 is 5.97 Å². The van der Waals surface area contributed by atoms with Gasteiger partial charge < -0.3 is 9.64 Å². The molecule has 23 heavy (non-hydrogen) atoms. The summed E-state index contributed by atoms with van der Waals surface area (Å²) in [6.07, 6.45) is 4.58. The lowest BCUT2D eigenvalue weighted by atomic mass is 9.94. The van der Waals surface area contributed by atoms with Gasteiger partial charge in [-0.15, -0.1) is 0 Å². The van der Waals surface area contributed by atoms with Crippen molar-refractivity contribution < 1.29 is 9.53 Å². The first kappa shape index (κ1) is 15.6. The fourth-order valence-electron chi connectivity index (χ4n) is 3.42. The molecule has 0 spiro atoms. The summed E-state index contributed by atoms with van der Waals surface area (Å²) in [6.45, 7) is 0.992. The minimum Gasteiger partial charge on any atom is -0.465 e. The third kappa shape index (κ3) is 3.55. The van der Waals surface area contributed by atoms with Crippen LogP contribution in [0, 0.1) is 0 Å². The Hall–Kier alpha value is -2.29. The first-order valence-corrected chi connectivity index (χ1v) is 8.27. The van der Waals surface area contributed by atoms with Gasteiger partial charge in [-0.3, -0.25) is 0 Å². The van der Waals surface area contributed by atoms with E-state index in [-0.39, 0.29) is 5.97 Å². The Morgan fingerprint density at radius 3 is 2.61 bits per heavy atom. The molecule has 1 heterocycles. The van der Waals surface area contributed by atoms with Crippen molar-refractivity contribution >= 4 is 11.7 Å². The van der Waals surface area contributed by atoms with Gasteiger partial charge in [0.25, 0.3) is 0 Å². The predicted octanol–water partition coefficient (Wildman–Crippen LogP) is 4.07. The average molecular weight is 309 g/mol. The number of hydrogen-bond donors (Lipinski definition) is 0. The number of piperidine rings is 1. The second-order valence-electron chi connectivity index (χ2n) is 6.04. The van der Waals surface area contributed by atoms with Gasteiger partial charge in [-0.25, -0.2) is 4.79 Å². The largest absolute Gasteiger partial charge is 0.465 e. The van der Waals surface area contributed by atoms with Crippen molar-refractivity contribution in [2.75, 3.05) is 18.6 Å². The number of anilines is 1. The van der Waals surface area contributed by atoms with Crippen molar-refractivity contribution in [3.63, 3.8) is 0 Å². The number of benzene rings is 2. The number of nitrogens with zero attached hydrogens (tertiary/aromatic N) is 1. The third-order valence-corrected chi connectivity index (χ3v) is 4.56. The third-order valence-electron chi connectivity index (χ3n) is 4.56. The molecule has 1 saturated heterocycles. The Morgan fingerprint density at radius 1 is 1.09 bits per heavy atom. The molecule has 120 valence electrons. The molecule has 0 N–H and O–H groups in total. The van der Waals surface area contributed by atoms with Crippen LogP contribution >= 0.6 is 0 Å². The van der Waals surface area contributed by atoms with Crippen LogP contribution in [-0.4, -0.2) is 25.7 Å². The van der Waals surface area contributed by atoms with Gasteiger partial charge in [0, 0.05) is 12.6 Å². The average Bonchev–Trinajstić information content (AvgIpc) is 2.62. The minimum atomic E-state index is -0.260. The van der Waals surface area contributed by atoms with E-state index in [1.807, 2.05) is 24.3 Å². The van der Waals surface area contributed by atoms with Gasteiger partial charge in [-0.1, -0.05) is 42.5 Å². The predicted molar refractivity (Wildman–Crippen MR) is 92.9 cm³/mol. The van der Waals surface area contributed by atoms with Crippen molar-refractivity contribution in [2.45, 2.75) is 31.7 Å². The highest BCUT2D eigenvalue weighted by Gasteiger charge is 2.26. The zero-order valence-corrected chi connectivity index (χ0v) is 13.6. The van der Waals surface area contributed by atoms with Crippen molar-refractivity contribution in [3.8, 4) is 0 Å². The summed E-state index contributed by atoms with van der Waals surface area (Å²) in [5.41, 5.74) is 3.01. The monoisotopic (exact) mass is 309 g/mol. The van der Waals surface area contributed by atoms with Crippen molar-refractivity contribution in [1.29, 1.82) is 0 Å². The maximum atomic E-state index is 12.1. The quantitative estimate of drug-likeness (QED) is 0.797. The molecular formula is C20H23NO2. The van der Waals surface area contributed by atoms with E-state index in [2.05, 4.69) is 35.2 Å².